The Hall–Kier alpha value is -1.58. The Kier molecular flexibility index (Phi) is 3.86. The van der Waals surface area contributed by atoms with Gasteiger partial charge in [-0.1, -0.05) is 0 Å². The second-order valence-corrected chi connectivity index (χ2v) is 10.2. The molecule has 27 heavy (non-hydrogen) atoms. The Balaban J connectivity index is 1.32. The summed E-state index contributed by atoms with van der Waals surface area (Å²) in [6, 6.07) is 1.20. The number of sulfonamides is 1. The molecular weight excluding hydrogens is 373 g/mol. The Bertz CT molecular complexity index is 890. The van der Waals surface area contributed by atoms with Gasteiger partial charge in [0.1, 0.15) is 5.82 Å². The van der Waals surface area contributed by atoms with Crippen molar-refractivity contribution < 1.29 is 22.3 Å². The Labute approximate surface area is 157 Å². The van der Waals surface area contributed by atoms with Crippen LogP contribution in [-0.4, -0.2) is 60.8 Å². The molecule has 1 saturated carbocycles. The van der Waals surface area contributed by atoms with Crippen molar-refractivity contribution in [3.05, 3.63) is 29.8 Å². The van der Waals surface area contributed by atoms with E-state index in [4.69, 9.17) is 4.74 Å². The number of fused-ring (bicyclic) bond motifs is 1. The van der Waals surface area contributed by atoms with E-state index < -0.39 is 21.4 Å². The number of rotatable bonds is 5. The van der Waals surface area contributed by atoms with Crippen LogP contribution in [0.15, 0.2) is 18.5 Å². The lowest BCUT2D eigenvalue weighted by Crippen LogP contribution is -2.42. The summed E-state index contributed by atoms with van der Waals surface area (Å²) in [6.45, 7) is 1.33. The molecule has 1 aromatic rings. The Morgan fingerprint density at radius 2 is 2.19 bits per heavy atom. The van der Waals surface area contributed by atoms with Crippen molar-refractivity contribution in [2.45, 2.75) is 42.6 Å². The van der Waals surface area contributed by atoms with Gasteiger partial charge in [-0.05, 0) is 31.7 Å². The maximum Gasteiger partial charge on any atom is 0.255 e. The minimum Gasteiger partial charge on any atom is -0.369 e. The molecule has 0 unspecified atom stereocenters. The first-order chi connectivity index (χ1) is 12.9. The van der Waals surface area contributed by atoms with Gasteiger partial charge in [0.2, 0.25) is 10.0 Å². The predicted octanol–water partition coefficient (Wildman–Crippen LogP) is 0.922. The highest BCUT2D eigenvalue weighted by atomic mass is 32.2. The van der Waals surface area contributed by atoms with Crippen molar-refractivity contribution in [2.75, 3.05) is 19.6 Å². The first-order valence-corrected chi connectivity index (χ1v) is 11.0. The molecule has 1 spiro atoms. The van der Waals surface area contributed by atoms with E-state index in [2.05, 4.69) is 9.71 Å². The fourth-order valence-corrected chi connectivity index (χ4v) is 6.46. The van der Waals surface area contributed by atoms with Crippen molar-refractivity contribution in [1.29, 1.82) is 0 Å². The number of aromatic nitrogens is 1. The lowest BCUT2D eigenvalue weighted by atomic mass is 9.74. The Morgan fingerprint density at radius 3 is 2.93 bits per heavy atom. The van der Waals surface area contributed by atoms with Gasteiger partial charge in [-0.2, -0.15) is 0 Å². The summed E-state index contributed by atoms with van der Waals surface area (Å²) in [5, 5.41) is -0.242. The monoisotopic (exact) mass is 395 g/mol. The van der Waals surface area contributed by atoms with Crippen LogP contribution in [0.3, 0.4) is 0 Å². The van der Waals surface area contributed by atoms with E-state index in [1.54, 1.807) is 4.90 Å². The van der Waals surface area contributed by atoms with Crippen LogP contribution in [-0.2, 0) is 14.8 Å². The molecule has 1 amide bonds. The number of hydrogen-bond donors (Lipinski definition) is 1. The van der Waals surface area contributed by atoms with Gasteiger partial charge in [-0.15, -0.1) is 0 Å². The van der Waals surface area contributed by atoms with Crippen molar-refractivity contribution >= 4 is 15.9 Å². The van der Waals surface area contributed by atoms with Crippen LogP contribution < -0.4 is 4.72 Å². The van der Waals surface area contributed by atoms with Crippen molar-refractivity contribution in [3.63, 3.8) is 0 Å². The van der Waals surface area contributed by atoms with Crippen molar-refractivity contribution in [3.8, 4) is 0 Å². The molecule has 4 aliphatic rings. The van der Waals surface area contributed by atoms with Gasteiger partial charge >= 0.3 is 0 Å². The largest absolute Gasteiger partial charge is 0.369 e. The molecule has 0 aromatic carbocycles. The zero-order valence-electron chi connectivity index (χ0n) is 14.8. The minimum atomic E-state index is -3.24. The number of likely N-dealkylation sites (tertiary alicyclic amines) is 1. The number of pyridine rings is 1. The molecule has 4 fully saturated rings. The third kappa shape index (κ3) is 2.87. The first-order valence-electron chi connectivity index (χ1n) is 9.44. The highest BCUT2D eigenvalue weighted by molar-refractivity contribution is 7.90. The molecule has 0 radical (unpaired) electrons. The van der Waals surface area contributed by atoms with E-state index in [9.17, 15) is 17.6 Å². The average molecular weight is 395 g/mol. The number of carbonyl (C=O) groups excluding carboxylic acids is 1. The van der Waals surface area contributed by atoms with Crippen LogP contribution in [0, 0.1) is 17.7 Å². The van der Waals surface area contributed by atoms with Crippen LogP contribution in [0.2, 0.25) is 0 Å². The fourth-order valence-electron chi connectivity index (χ4n) is 5.04. The third-order valence-corrected chi connectivity index (χ3v) is 8.42. The number of ether oxygens (including phenoxy) is 1. The molecule has 3 aliphatic heterocycles. The summed E-state index contributed by atoms with van der Waals surface area (Å²) in [5.41, 5.74) is -0.163. The molecule has 1 N–H and O–H groups in total. The molecule has 2 bridgehead atoms. The molecule has 1 aliphatic carbocycles. The highest BCUT2D eigenvalue weighted by Crippen LogP contribution is 2.54. The second-order valence-electron chi connectivity index (χ2n) is 8.20. The Morgan fingerprint density at radius 1 is 1.37 bits per heavy atom. The molecule has 3 saturated heterocycles. The lowest BCUT2D eigenvalue weighted by Gasteiger charge is -2.29. The number of amides is 1. The van der Waals surface area contributed by atoms with Crippen LogP contribution >= 0.6 is 0 Å². The van der Waals surface area contributed by atoms with Crippen molar-refractivity contribution in [2.24, 2.45) is 11.8 Å². The minimum absolute atomic E-state index is 0.0463. The molecule has 4 atom stereocenters. The van der Waals surface area contributed by atoms with Gasteiger partial charge < -0.3 is 9.64 Å². The molecule has 1 aromatic heterocycles. The number of nitrogens with zero attached hydrogens (tertiary/aromatic N) is 2. The quantitative estimate of drug-likeness (QED) is 0.801. The summed E-state index contributed by atoms with van der Waals surface area (Å²) < 4.78 is 46.8. The lowest BCUT2D eigenvalue weighted by molar-refractivity contribution is 0.00324. The van der Waals surface area contributed by atoms with Crippen molar-refractivity contribution in [1.82, 2.24) is 14.6 Å². The molecule has 7 nitrogen and oxygen atoms in total. The smallest absolute Gasteiger partial charge is 0.255 e. The van der Waals surface area contributed by atoms with Crippen LogP contribution in [0.5, 0.6) is 0 Å². The van der Waals surface area contributed by atoms with Gasteiger partial charge in [0.15, 0.2) is 0 Å². The third-order valence-electron chi connectivity index (χ3n) is 6.51. The topological polar surface area (TPSA) is 88.6 Å². The van der Waals surface area contributed by atoms with E-state index in [0.29, 0.717) is 19.6 Å². The van der Waals surface area contributed by atoms with Crippen LogP contribution in [0.4, 0.5) is 4.39 Å². The standard InChI is InChI=1S/C18H22FN3O4S/c19-12-5-11(6-20-7-12)17(23)22-9-15-14(8-21-27(24,25)13-1-2-13)16-3-4-18(15,10-22)26-16/h5-7,13-16,21H,1-4,8-10H2/t14-,15+,16+,18+/m0/s1. The molecule has 9 heteroatoms. The van der Waals surface area contributed by atoms with Gasteiger partial charge in [0, 0.05) is 31.1 Å². The zero-order chi connectivity index (χ0) is 18.8. The van der Waals surface area contributed by atoms with E-state index in [1.807, 2.05) is 0 Å². The first kappa shape index (κ1) is 17.5. The number of hydrogen-bond acceptors (Lipinski definition) is 5. The number of carbonyl (C=O) groups is 1. The summed E-state index contributed by atoms with van der Waals surface area (Å²) in [5.74, 6) is -0.627. The van der Waals surface area contributed by atoms with Crippen LogP contribution in [0.1, 0.15) is 36.0 Å². The fraction of sp³-hybridized carbons (Fsp3) is 0.667. The number of halogens is 1. The molecule has 146 valence electrons. The van der Waals surface area contributed by atoms with E-state index in [1.165, 1.54) is 12.3 Å². The highest BCUT2D eigenvalue weighted by Gasteiger charge is 2.63. The van der Waals surface area contributed by atoms with E-state index in [0.717, 1.165) is 31.9 Å². The maximum absolute atomic E-state index is 13.4. The summed E-state index contributed by atoms with van der Waals surface area (Å²) in [4.78, 5) is 18.2. The number of nitrogens with one attached hydrogen (secondary N) is 1. The molecule has 4 heterocycles. The van der Waals surface area contributed by atoms with Gasteiger partial charge in [-0.3, -0.25) is 9.78 Å². The molecule has 5 rings (SSSR count). The van der Waals surface area contributed by atoms with Gasteiger partial charge in [-0.25, -0.2) is 17.5 Å². The van der Waals surface area contributed by atoms with E-state index >= 15 is 0 Å². The normalized spacial score (nSPS) is 34.9. The van der Waals surface area contributed by atoms with E-state index in [-0.39, 0.29) is 34.7 Å². The average Bonchev–Trinajstić information content (AvgIpc) is 3.25. The van der Waals surface area contributed by atoms with Crippen LogP contribution in [0.25, 0.3) is 0 Å². The summed E-state index contributed by atoms with van der Waals surface area (Å²) in [7, 11) is -3.24. The SMILES string of the molecule is O=C(c1cncc(F)c1)N1C[C@@H]2[C@H](CNS(=O)(=O)C3CC3)[C@H]3CC[C@]2(C1)O3. The summed E-state index contributed by atoms with van der Waals surface area (Å²) in [6.07, 6.45) is 5.71. The maximum atomic E-state index is 13.4. The summed E-state index contributed by atoms with van der Waals surface area (Å²) >= 11 is 0. The van der Waals surface area contributed by atoms with Gasteiger partial charge in [0.25, 0.3) is 5.91 Å². The molecular formula is C18H22FN3O4S. The van der Waals surface area contributed by atoms with Gasteiger partial charge in [0.05, 0.1) is 35.3 Å². The second kappa shape index (κ2) is 5.96. The zero-order valence-corrected chi connectivity index (χ0v) is 15.6. The predicted molar refractivity (Wildman–Crippen MR) is 93.9 cm³/mol.